The van der Waals surface area contributed by atoms with Crippen molar-refractivity contribution in [1.29, 1.82) is 0 Å². The second kappa shape index (κ2) is 6.75. The van der Waals surface area contributed by atoms with Crippen LogP contribution >= 0.6 is 11.8 Å². The molecule has 3 nitrogen and oxygen atoms in total. The summed E-state index contributed by atoms with van der Waals surface area (Å²) >= 11 is 1.64. The summed E-state index contributed by atoms with van der Waals surface area (Å²) in [4.78, 5) is 13.2. The van der Waals surface area contributed by atoms with Crippen LogP contribution in [-0.2, 0) is 4.74 Å². The van der Waals surface area contributed by atoms with E-state index in [1.165, 1.54) is 7.11 Å². The van der Waals surface area contributed by atoms with Gasteiger partial charge in [-0.05, 0) is 36.8 Å². The Balaban J connectivity index is 2.12. The summed E-state index contributed by atoms with van der Waals surface area (Å²) in [6.45, 7) is 1.96. The number of ether oxygens (including phenoxy) is 1. The molecule has 1 aromatic heterocycles. The third kappa shape index (κ3) is 3.17. The van der Waals surface area contributed by atoms with Gasteiger partial charge in [-0.3, -0.25) is 0 Å². The Morgan fingerprint density at radius 1 is 1.00 bits per heavy atom. The van der Waals surface area contributed by atoms with Gasteiger partial charge in [-0.25, -0.2) is 4.79 Å². The molecule has 0 unspecified atom stereocenters. The van der Waals surface area contributed by atoms with Crippen LogP contribution in [-0.4, -0.2) is 17.6 Å². The number of esters is 1. The number of para-hydroxylation sites is 1. The summed E-state index contributed by atoms with van der Waals surface area (Å²) in [6, 6.07) is 20.1. The van der Waals surface area contributed by atoms with Crippen LogP contribution in [0.3, 0.4) is 0 Å². The molecule has 23 heavy (non-hydrogen) atoms. The molecule has 0 N–H and O–H groups in total. The van der Waals surface area contributed by atoms with Gasteiger partial charge < -0.3 is 9.30 Å². The zero-order valence-corrected chi connectivity index (χ0v) is 13.8. The predicted octanol–water partition coefficient (Wildman–Crippen LogP) is 4.72. The van der Waals surface area contributed by atoms with Crippen molar-refractivity contribution in [2.75, 3.05) is 7.11 Å². The Kier molecular flexibility index (Phi) is 4.53. The fourth-order valence-corrected chi connectivity index (χ4v) is 3.44. The Morgan fingerprint density at radius 2 is 1.61 bits per heavy atom. The van der Waals surface area contributed by atoms with Crippen LogP contribution < -0.4 is 0 Å². The highest BCUT2D eigenvalue weighted by atomic mass is 32.2. The van der Waals surface area contributed by atoms with Gasteiger partial charge in [0, 0.05) is 16.8 Å². The Hall–Kier alpha value is -2.46. The second-order valence-corrected chi connectivity index (χ2v) is 6.15. The number of carbonyl (C=O) groups excluding carboxylic acids is 1. The van der Waals surface area contributed by atoms with E-state index < -0.39 is 0 Å². The minimum Gasteiger partial charge on any atom is -0.465 e. The number of rotatable bonds is 4. The van der Waals surface area contributed by atoms with Crippen molar-refractivity contribution in [2.24, 2.45) is 0 Å². The third-order valence-electron chi connectivity index (χ3n) is 3.60. The Labute approximate surface area is 139 Å². The van der Waals surface area contributed by atoms with Gasteiger partial charge in [0.25, 0.3) is 0 Å². The monoisotopic (exact) mass is 323 g/mol. The molecule has 1 heterocycles. The second-order valence-electron chi connectivity index (χ2n) is 5.09. The quantitative estimate of drug-likeness (QED) is 0.651. The fourth-order valence-electron chi connectivity index (χ4n) is 2.40. The SMILES string of the molecule is COC(=O)c1cn(-c2ccccc2)c(Sc2ccccc2)c1C. The summed E-state index contributed by atoms with van der Waals surface area (Å²) in [7, 11) is 1.41. The molecular weight excluding hydrogens is 306 g/mol. The van der Waals surface area contributed by atoms with Gasteiger partial charge in [0.2, 0.25) is 0 Å². The van der Waals surface area contributed by atoms with E-state index in [0.717, 1.165) is 21.2 Å². The molecule has 0 saturated carbocycles. The number of aromatic nitrogens is 1. The van der Waals surface area contributed by atoms with Crippen LogP contribution in [0.5, 0.6) is 0 Å². The molecule has 0 aliphatic heterocycles. The molecule has 0 aliphatic carbocycles. The van der Waals surface area contributed by atoms with Crippen molar-refractivity contribution in [3.05, 3.63) is 78.0 Å². The standard InChI is InChI=1S/C19H17NO2S/c1-14-17(19(21)22-2)13-20(15-9-5-3-6-10-15)18(14)23-16-11-7-4-8-12-16/h3-13H,1-2H3. The fraction of sp³-hybridized carbons (Fsp3) is 0.105. The molecule has 0 aliphatic rings. The van der Waals surface area contributed by atoms with E-state index in [9.17, 15) is 4.79 Å². The lowest BCUT2D eigenvalue weighted by Gasteiger charge is -2.10. The number of methoxy groups -OCH3 is 1. The van der Waals surface area contributed by atoms with Gasteiger partial charge in [-0.2, -0.15) is 0 Å². The van der Waals surface area contributed by atoms with Gasteiger partial charge in [-0.1, -0.05) is 48.2 Å². The highest BCUT2D eigenvalue weighted by Crippen LogP contribution is 2.35. The molecule has 4 heteroatoms. The van der Waals surface area contributed by atoms with E-state index in [1.54, 1.807) is 11.8 Å². The highest BCUT2D eigenvalue weighted by molar-refractivity contribution is 7.99. The van der Waals surface area contributed by atoms with Crippen LogP contribution in [0.4, 0.5) is 0 Å². The molecule has 0 saturated heterocycles. The number of nitrogens with zero attached hydrogens (tertiary/aromatic N) is 1. The molecule has 2 aromatic carbocycles. The average molecular weight is 323 g/mol. The molecule has 116 valence electrons. The van der Waals surface area contributed by atoms with Gasteiger partial charge >= 0.3 is 5.97 Å². The predicted molar refractivity (Wildman–Crippen MR) is 92.4 cm³/mol. The van der Waals surface area contributed by atoms with Gasteiger partial charge in [0.1, 0.15) is 0 Å². The molecule has 0 amide bonds. The molecule has 0 radical (unpaired) electrons. The summed E-state index contributed by atoms with van der Waals surface area (Å²) in [5, 5.41) is 1.02. The van der Waals surface area contributed by atoms with Crippen molar-refractivity contribution in [1.82, 2.24) is 4.57 Å². The van der Waals surface area contributed by atoms with E-state index in [-0.39, 0.29) is 5.97 Å². The molecule has 0 spiro atoms. The zero-order valence-electron chi connectivity index (χ0n) is 13.0. The first-order chi connectivity index (χ1) is 11.2. The minimum atomic E-state index is -0.313. The van der Waals surface area contributed by atoms with E-state index in [2.05, 4.69) is 12.1 Å². The lowest BCUT2D eigenvalue weighted by atomic mass is 10.2. The maximum absolute atomic E-state index is 12.0. The smallest absolute Gasteiger partial charge is 0.339 e. The van der Waals surface area contributed by atoms with Crippen LogP contribution in [0, 0.1) is 6.92 Å². The summed E-state index contributed by atoms with van der Waals surface area (Å²) in [5.41, 5.74) is 2.54. The van der Waals surface area contributed by atoms with Crippen molar-refractivity contribution < 1.29 is 9.53 Å². The largest absolute Gasteiger partial charge is 0.465 e. The molecule has 3 aromatic rings. The zero-order chi connectivity index (χ0) is 16.2. The average Bonchev–Trinajstić information content (AvgIpc) is 2.93. The number of benzene rings is 2. The van der Waals surface area contributed by atoms with E-state index in [1.807, 2.05) is 66.2 Å². The van der Waals surface area contributed by atoms with Gasteiger partial charge in [0.05, 0.1) is 17.7 Å². The first-order valence-corrected chi connectivity index (χ1v) is 8.11. The minimum absolute atomic E-state index is 0.313. The normalized spacial score (nSPS) is 10.5. The maximum atomic E-state index is 12.0. The van der Waals surface area contributed by atoms with E-state index in [0.29, 0.717) is 5.56 Å². The van der Waals surface area contributed by atoms with E-state index >= 15 is 0 Å². The highest BCUT2D eigenvalue weighted by Gasteiger charge is 2.20. The topological polar surface area (TPSA) is 31.2 Å². The van der Waals surface area contributed by atoms with Crippen LogP contribution in [0.25, 0.3) is 5.69 Å². The van der Waals surface area contributed by atoms with Gasteiger partial charge in [0.15, 0.2) is 0 Å². The van der Waals surface area contributed by atoms with Crippen molar-refractivity contribution in [3.63, 3.8) is 0 Å². The number of hydrogen-bond acceptors (Lipinski definition) is 3. The van der Waals surface area contributed by atoms with Crippen LogP contribution in [0.15, 0.2) is 76.8 Å². The number of hydrogen-bond donors (Lipinski definition) is 0. The summed E-state index contributed by atoms with van der Waals surface area (Å²) in [5.74, 6) is -0.313. The molecule has 3 rings (SSSR count). The number of carbonyl (C=O) groups is 1. The third-order valence-corrected chi connectivity index (χ3v) is 4.80. The molecule has 0 bridgehead atoms. The van der Waals surface area contributed by atoms with Gasteiger partial charge in [-0.15, -0.1) is 0 Å². The molecule has 0 fully saturated rings. The summed E-state index contributed by atoms with van der Waals surface area (Å²) < 4.78 is 6.95. The van der Waals surface area contributed by atoms with Crippen molar-refractivity contribution in [3.8, 4) is 5.69 Å². The van der Waals surface area contributed by atoms with Crippen LogP contribution in [0.2, 0.25) is 0 Å². The maximum Gasteiger partial charge on any atom is 0.339 e. The first-order valence-electron chi connectivity index (χ1n) is 7.29. The lowest BCUT2D eigenvalue weighted by molar-refractivity contribution is 0.0600. The first kappa shape index (κ1) is 15.4. The molecular formula is C19H17NO2S. The summed E-state index contributed by atoms with van der Waals surface area (Å²) in [6.07, 6.45) is 1.85. The Morgan fingerprint density at radius 3 is 2.22 bits per heavy atom. The lowest BCUT2D eigenvalue weighted by Crippen LogP contribution is -2.01. The Bertz CT molecular complexity index is 810. The van der Waals surface area contributed by atoms with E-state index in [4.69, 9.17) is 4.74 Å². The van der Waals surface area contributed by atoms with Crippen LogP contribution in [0.1, 0.15) is 15.9 Å². The van der Waals surface area contributed by atoms with Crippen molar-refractivity contribution in [2.45, 2.75) is 16.8 Å². The van der Waals surface area contributed by atoms with Crippen molar-refractivity contribution >= 4 is 17.7 Å². The molecule has 0 atom stereocenters.